The molecule has 0 saturated carbocycles. The molecule has 17 heavy (non-hydrogen) atoms. The number of nitrogens with two attached hydrogens (primary N) is 2. The molecule has 2 rings (SSSR count). The maximum atomic E-state index is 11.3. The Morgan fingerprint density at radius 2 is 2.35 bits per heavy atom. The van der Waals surface area contributed by atoms with Gasteiger partial charge in [0.1, 0.15) is 0 Å². The van der Waals surface area contributed by atoms with Gasteiger partial charge in [-0.25, -0.2) is 0 Å². The van der Waals surface area contributed by atoms with Crippen LogP contribution in [0.1, 0.15) is 23.2 Å². The summed E-state index contributed by atoms with van der Waals surface area (Å²) in [7, 11) is 0. The molecule has 1 aliphatic rings. The number of benzene rings is 1. The molecule has 0 bridgehead atoms. The van der Waals surface area contributed by atoms with Crippen LogP contribution in [0.5, 0.6) is 0 Å². The van der Waals surface area contributed by atoms with Crippen molar-refractivity contribution in [2.24, 2.45) is 5.73 Å². The predicted molar refractivity (Wildman–Crippen MR) is 69.1 cm³/mol. The minimum absolute atomic E-state index is 0.290. The largest absolute Gasteiger partial charge is 0.399 e. The van der Waals surface area contributed by atoms with Crippen LogP contribution < -0.4 is 11.5 Å². The number of carbonyl (C=O) groups excluding carboxylic acids is 1. The number of hydrogen-bond donors (Lipinski definition) is 2. The third-order valence-corrected chi connectivity index (χ3v) is 3.92. The Hall–Kier alpha value is -1.20. The van der Waals surface area contributed by atoms with Crippen molar-refractivity contribution in [3.05, 3.63) is 23.8 Å². The smallest absolute Gasteiger partial charge is 0.249 e. The molecule has 1 heterocycles. The lowest BCUT2D eigenvalue weighted by Crippen LogP contribution is -2.14. The molecule has 1 unspecified atom stereocenters. The first kappa shape index (κ1) is 12.3. The fraction of sp³-hybridized carbons (Fsp3) is 0.417. The van der Waals surface area contributed by atoms with Crippen molar-refractivity contribution in [3.63, 3.8) is 0 Å². The highest BCUT2D eigenvalue weighted by Gasteiger charge is 2.17. The first-order valence-electron chi connectivity index (χ1n) is 5.60. The summed E-state index contributed by atoms with van der Waals surface area (Å²) in [5.74, 6) is 0.414. The molecule has 0 radical (unpaired) electrons. The van der Waals surface area contributed by atoms with Crippen LogP contribution >= 0.6 is 11.8 Å². The van der Waals surface area contributed by atoms with E-state index in [4.69, 9.17) is 16.2 Å². The van der Waals surface area contributed by atoms with Crippen molar-refractivity contribution in [1.29, 1.82) is 0 Å². The summed E-state index contributed by atoms with van der Waals surface area (Å²) in [5.41, 5.74) is 12.0. The summed E-state index contributed by atoms with van der Waals surface area (Å²) >= 11 is 1.60. The second kappa shape index (κ2) is 5.42. The van der Waals surface area contributed by atoms with Gasteiger partial charge in [0.05, 0.1) is 11.7 Å². The zero-order valence-corrected chi connectivity index (χ0v) is 10.3. The number of primary amides is 1. The molecule has 1 amide bonds. The van der Waals surface area contributed by atoms with Gasteiger partial charge in [-0.1, -0.05) is 0 Å². The van der Waals surface area contributed by atoms with E-state index >= 15 is 0 Å². The molecule has 4 nitrogen and oxygen atoms in total. The first-order valence-corrected chi connectivity index (χ1v) is 6.59. The van der Waals surface area contributed by atoms with E-state index in [0.29, 0.717) is 17.4 Å². The minimum atomic E-state index is -0.438. The molecule has 1 atom stereocenters. The Labute approximate surface area is 105 Å². The van der Waals surface area contributed by atoms with Crippen molar-refractivity contribution >= 4 is 23.4 Å². The molecule has 4 N–H and O–H groups in total. The Balaban J connectivity index is 2.06. The third kappa shape index (κ3) is 3.14. The van der Waals surface area contributed by atoms with Crippen LogP contribution in [-0.2, 0) is 4.74 Å². The van der Waals surface area contributed by atoms with Crippen LogP contribution in [0.2, 0.25) is 0 Å². The predicted octanol–water partition coefficient (Wildman–Crippen LogP) is 1.64. The average molecular weight is 252 g/mol. The molecule has 1 aliphatic heterocycles. The van der Waals surface area contributed by atoms with Crippen LogP contribution in [0.15, 0.2) is 23.1 Å². The van der Waals surface area contributed by atoms with Crippen molar-refractivity contribution in [2.75, 3.05) is 18.1 Å². The van der Waals surface area contributed by atoms with Crippen molar-refractivity contribution in [1.82, 2.24) is 0 Å². The van der Waals surface area contributed by atoms with Crippen LogP contribution in [0, 0.1) is 0 Å². The van der Waals surface area contributed by atoms with Crippen LogP contribution in [0.4, 0.5) is 5.69 Å². The molecule has 1 aromatic carbocycles. The van der Waals surface area contributed by atoms with Gasteiger partial charge in [-0.3, -0.25) is 4.79 Å². The van der Waals surface area contributed by atoms with Gasteiger partial charge in [-0.15, -0.1) is 11.8 Å². The van der Waals surface area contributed by atoms with Crippen molar-refractivity contribution in [3.8, 4) is 0 Å². The van der Waals surface area contributed by atoms with Gasteiger partial charge in [-0.2, -0.15) is 0 Å². The first-order chi connectivity index (χ1) is 8.16. The summed E-state index contributed by atoms with van der Waals surface area (Å²) < 4.78 is 5.54. The van der Waals surface area contributed by atoms with E-state index in [1.165, 1.54) is 0 Å². The van der Waals surface area contributed by atoms with E-state index in [2.05, 4.69) is 0 Å². The number of carbonyl (C=O) groups is 1. The number of anilines is 1. The normalized spacial score (nSPS) is 19.4. The van der Waals surface area contributed by atoms with E-state index in [1.807, 2.05) is 6.07 Å². The SMILES string of the molecule is NC(=O)c1cc(N)ccc1SCC1CCCO1. The number of thioether (sulfide) groups is 1. The summed E-state index contributed by atoms with van der Waals surface area (Å²) in [6.45, 7) is 0.843. The van der Waals surface area contributed by atoms with Gasteiger partial charge in [-0.05, 0) is 31.0 Å². The molecule has 1 aromatic rings. The standard InChI is InChI=1S/C12H16N2O2S/c13-8-3-4-11(10(6-8)12(14)15)17-7-9-2-1-5-16-9/h3-4,6,9H,1-2,5,7,13H2,(H2,14,15). The van der Waals surface area contributed by atoms with Gasteiger partial charge < -0.3 is 16.2 Å². The van der Waals surface area contributed by atoms with Gasteiger partial charge in [0.25, 0.3) is 0 Å². The Bertz CT molecular complexity index is 417. The number of ether oxygens (including phenoxy) is 1. The Morgan fingerprint density at radius 1 is 1.53 bits per heavy atom. The second-order valence-electron chi connectivity index (χ2n) is 4.07. The summed E-state index contributed by atoms with van der Waals surface area (Å²) in [6, 6.07) is 5.25. The second-order valence-corrected chi connectivity index (χ2v) is 5.13. The monoisotopic (exact) mass is 252 g/mol. The van der Waals surface area contributed by atoms with Crippen molar-refractivity contribution < 1.29 is 9.53 Å². The molecule has 5 heteroatoms. The fourth-order valence-electron chi connectivity index (χ4n) is 1.82. The highest BCUT2D eigenvalue weighted by Crippen LogP contribution is 2.27. The number of hydrogen-bond acceptors (Lipinski definition) is 4. The summed E-state index contributed by atoms with van der Waals surface area (Å²) in [6.07, 6.45) is 2.50. The number of amides is 1. The van der Waals surface area contributed by atoms with Crippen LogP contribution in [-0.4, -0.2) is 24.4 Å². The molecule has 1 fully saturated rings. The van der Waals surface area contributed by atoms with Gasteiger partial charge in [0, 0.05) is 22.9 Å². The van der Waals surface area contributed by atoms with E-state index in [0.717, 1.165) is 30.1 Å². The third-order valence-electron chi connectivity index (χ3n) is 2.72. The molecule has 92 valence electrons. The number of rotatable bonds is 4. The zero-order chi connectivity index (χ0) is 12.3. The summed E-state index contributed by atoms with van der Waals surface area (Å²) in [4.78, 5) is 12.2. The lowest BCUT2D eigenvalue weighted by Gasteiger charge is -2.11. The molecule has 0 aromatic heterocycles. The van der Waals surface area contributed by atoms with Gasteiger partial charge in [0.2, 0.25) is 5.91 Å². The van der Waals surface area contributed by atoms with Crippen molar-refractivity contribution in [2.45, 2.75) is 23.8 Å². The quantitative estimate of drug-likeness (QED) is 0.630. The maximum Gasteiger partial charge on any atom is 0.249 e. The molecular weight excluding hydrogens is 236 g/mol. The molecule has 0 aliphatic carbocycles. The van der Waals surface area contributed by atoms with E-state index in [1.54, 1.807) is 23.9 Å². The van der Waals surface area contributed by atoms with Gasteiger partial charge >= 0.3 is 0 Å². The Kier molecular flexibility index (Phi) is 3.91. The van der Waals surface area contributed by atoms with E-state index in [9.17, 15) is 4.79 Å². The number of nitrogen functional groups attached to an aromatic ring is 1. The van der Waals surface area contributed by atoms with E-state index in [-0.39, 0.29) is 0 Å². The molecular formula is C12H16N2O2S. The topological polar surface area (TPSA) is 78.3 Å². The zero-order valence-electron chi connectivity index (χ0n) is 9.52. The van der Waals surface area contributed by atoms with E-state index < -0.39 is 5.91 Å². The average Bonchev–Trinajstić information content (AvgIpc) is 2.80. The lowest BCUT2D eigenvalue weighted by molar-refractivity contribution is 0.0997. The van der Waals surface area contributed by atoms with Crippen LogP contribution in [0.25, 0.3) is 0 Å². The minimum Gasteiger partial charge on any atom is -0.399 e. The Morgan fingerprint density at radius 3 is 3.00 bits per heavy atom. The van der Waals surface area contributed by atoms with Crippen LogP contribution in [0.3, 0.4) is 0 Å². The molecule has 1 saturated heterocycles. The lowest BCUT2D eigenvalue weighted by atomic mass is 10.2. The summed E-state index contributed by atoms with van der Waals surface area (Å²) in [5, 5.41) is 0. The highest BCUT2D eigenvalue weighted by atomic mass is 32.2. The maximum absolute atomic E-state index is 11.3. The highest BCUT2D eigenvalue weighted by molar-refractivity contribution is 7.99. The van der Waals surface area contributed by atoms with Gasteiger partial charge in [0.15, 0.2) is 0 Å². The molecule has 0 spiro atoms. The fourth-order valence-corrected chi connectivity index (χ4v) is 2.93.